The standard InChI is InChI=1S/C17H22BrNO4/c1-10(20)14(11(2)21)15(12-6-8-13(18)9-7-12)19-16(22)23-17(3,4)5/h6-9,14-15H,1-5H3,(H,19,22). The molecule has 0 bridgehead atoms. The summed E-state index contributed by atoms with van der Waals surface area (Å²) in [6, 6.07) is 6.32. The Labute approximate surface area is 144 Å². The second-order valence-corrected chi connectivity index (χ2v) is 7.29. The molecule has 0 aliphatic heterocycles. The highest BCUT2D eigenvalue weighted by Gasteiger charge is 2.33. The minimum atomic E-state index is -0.955. The van der Waals surface area contributed by atoms with Crippen LogP contribution < -0.4 is 5.32 Å². The van der Waals surface area contributed by atoms with Crippen LogP contribution in [0.4, 0.5) is 4.79 Å². The van der Waals surface area contributed by atoms with Gasteiger partial charge in [0.25, 0.3) is 0 Å². The Morgan fingerprint density at radius 2 is 1.52 bits per heavy atom. The van der Waals surface area contributed by atoms with E-state index in [0.717, 1.165) is 4.47 Å². The van der Waals surface area contributed by atoms with Gasteiger partial charge in [-0.15, -0.1) is 0 Å². The number of rotatable bonds is 5. The molecule has 0 spiro atoms. The average molecular weight is 384 g/mol. The van der Waals surface area contributed by atoms with E-state index in [1.807, 2.05) is 0 Å². The highest BCUT2D eigenvalue weighted by Crippen LogP contribution is 2.26. The fourth-order valence-corrected chi connectivity index (χ4v) is 2.48. The summed E-state index contributed by atoms with van der Waals surface area (Å²) in [5, 5.41) is 2.65. The van der Waals surface area contributed by atoms with Gasteiger partial charge >= 0.3 is 6.09 Å². The van der Waals surface area contributed by atoms with Crippen LogP contribution in [0.5, 0.6) is 0 Å². The van der Waals surface area contributed by atoms with Crippen LogP contribution in [0.3, 0.4) is 0 Å². The maximum absolute atomic E-state index is 12.1. The second kappa shape index (κ2) is 7.73. The molecule has 23 heavy (non-hydrogen) atoms. The molecule has 0 heterocycles. The third-order valence-corrected chi connectivity index (χ3v) is 3.64. The molecule has 0 aliphatic carbocycles. The summed E-state index contributed by atoms with van der Waals surface area (Å²) in [5.41, 5.74) is -0.00881. The first kappa shape index (κ1) is 19.4. The minimum absolute atomic E-state index is 0.304. The van der Waals surface area contributed by atoms with E-state index in [-0.39, 0.29) is 11.6 Å². The van der Waals surface area contributed by atoms with Gasteiger partial charge in [0.05, 0.1) is 6.04 Å². The quantitative estimate of drug-likeness (QED) is 0.784. The fourth-order valence-electron chi connectivity index (χ4n) is 2.22. The molecule has 1 unspecified atom stereocenters. The summed E-state index contributed by atoms with van der Waals surface area (Å²) in [6.07, 6.45) is -0.669. The molecule has 0 aromatic heterocycles. The zero-order chi connectivity index (χ0) is 17.8. The number of alkyl carbamates (subject to hydrolysis) is 1. The first-order chi connectivity index (χ1) is 10.5. The van der Waals surface area contributed by atoms with E-state index in [1.54, 1.807) is 45.0 Å². The van der Waals surface area contributed by atoms with Crippen LogP contribution in [0.1, 0.15) is 46.2 Å². The molecule has 0 saturated carbocycles. The molecule has 0 aliphatic rings. The summed E-state index contributed by atoms with van der Waals surface area (Å²) in [4.78, 5) is 35.9. The molecule has 1 amide bonds. The lowest BCUT2D eigenvalue weighted by molar-refractivity contribution is -0.131. The van der Waals surface area contributed by atoms with E-state index in [4.69, 9.17) is 4.74 Å². The number of carbonyl (C=O) groups is 3. The van der Waals surface area contributed by atoms with Crippen molar-refractivity contribution in [2.45, 2.75) is 46.3 Å². The average Bonchev–Trinajstić information content (AvgIpc) is 2.35. The summed E-state index contributed by atoms with van der Waals surface area (Å²) >= 11 is 3.33. The Kier molecular flexibility index (Phi) is 6.50. The van der Waals surface area contributed by atoms with E-state index >= 15 is 0 Å². The van der Waals surface area contributed by atoms with Crippen molar-refractivity contribution in [2.75, 3.05) is 0 Å². The molecule has 6 heteroatoms. The predicted octanol–water partition coefficient (Wildman–Crippen LogP) is 3.81. The van der Waals surface area contributed by atoms with E-state index in [2.05, 4.69) is 21.2 Å². The molecule has 0 radical (unpaired) electrons. The van der Waals surface area contributed by atoms with Crippen LogP contribution in [0, 0.1) is 5.92 Å². The van der Waals surface area contributed by atoms with Crippen LogP contribution in [-0.2, 0) is 14.3 Å². The lowest BCUT2D eigenvalue weighted by atomic mass is 9.87. The van der Waals surface area contributed by atoms with E-state index in [1.165, 1.54) is 13.8 Å². The number of carbonyl (C=O) groups excluding carboxylic acids is 3. The number of hydrogen-bond donors (Lipinski definition) is 1. The first-order valence-electron chi connectivity index (χ1n) is 7.27. The molecule has 1 aromatic carbocycles. The fraction of sp³-hybridized carbons (Fsp3) is 0.471. The number of Topliss-reactive ketones (excluding diaryl/α,β-unsaturated/α-hetero) is 2. The van der Waals surface area contributed by atoms with Gasteiger partial charge in [-0.25, -0.2) is 4.79 Å². The smallest absolute Gasteiger partial charge is 0.408 e. The van der Waals surface area contributed by atoms with E-state index in [9.17, 15) is 14.4 Å². The van der Waals surface area contributed by atoms with Gasteiger partial charge < -0.3 is 10.1 Å². The van der Waals surface area contributed by atoms with Gasteiger partial charge in [-0.05, 0) is 52.3 Å². The topological polar surface area (TPSA) is 72.5 Å². The molecular weight excluding hydrogens is 362 g/mol. The Morgan fingerprint density at radius 1 is 1.04 bits per heavy atom. The Morgan fingerprint density at radius 3 is 1.91 bits per heavy atom. The molecule has 0 saturated heterocycles. The Balaban J connectivity index is 3.15. The van der Waals surface area contributed by atoms with Crippen LogP contribution in [-0.4, -0.2) is 23.3 Å². The zero-order valence-corrected chi connectivity index (χ0v) is 15.6. The zero-order valence-electron chi connectivity index (χ0n) is 14.0. The van der Waals surface area contributed by atoms with Crippen LogP contribution >= 0.6 is 15.9 Å². The number of ether oxygens (including phenoxy) is 1. The monoisotopic (exact) mass is 383 g/mol. The van der Waals surface area contributed by atoms with Crippen molar-refractivity contribution in [1.82, 2.24) is 5.32 Å². The van der Waals surface area contributed by atoms with Crippen LogP contribution in [0.15, 0.2) is 28.7 Å². The minimum Gasteiger partial charge on any atom is -0.444 e. The van der Waals surface area contributed by atoms with Crippen molar-refractivity contribution < 1.29 is 19.1 Å². The van der Waals surface area contributed by atoms with Gasteiger partial charge in [-0.3, -0.25) is 9.59 Å². The van der Waals surface area contributed by atoms with Crippen LogP contribution in [0.25, 0.3) is 0 Å². The Hall–Kier alpha value is -1.69. The van der Waals surface area contributed by atoms with E-state index in [0.29, 0.717) is 5.56 Å². The lowest BCUT2D eigenvalue weighted by Crippen LogP contribution is -2.41. The van der Waals surface area contributed by atoms with Crippen molar-refractivity contribution in [3.05, 3.63) is 34.3 Å². The Bertz CT molecular complexity index is 576. The molecule has 126 valence electrons. The van der Waals surface area contributed by atoms with Gasteiger partial charge in [-0.2, -0.15) is 0 Å². The van der Waals surface area contributed by atoms with Crippen molar-refractivity contribution in [3.63, 3.8) is 0 Å². The molecule has 5 nitrogen and oxygen atoms in total. The summed E-state index contributed by atoms with van der Waals surface area (Å²) in [6.45, 7) is 7.92. The third kappa shape index (κ3) is 6.14. The SMILES string of the molecule is CC(=O)C(C(C)=O)C(NC(=O)OC(C)(C)C)c1ccc(Br)cc1. The van der Waals surface area contributed by atoms with Gasteiger partial charge in [-0.1, -0.05) is 28.1 Å². The normalized spacial score (nSPS) is 12.7. The summed E-state index contributed by atoms with van der Waals surface area (Å²) in [7, 11) is 0. The largest absolute Gasteiger partial charge is 0.444 e. The van der Waals surface area contributed by atoms with Gasteiger partial charge in [0, 0.05) is 4.47 Å². The number of amides is 1. The summed E-state index contributed by atoms with van der Waals surface area (Å²) < 4.78 is 6.10. The van der Waals surface area contributed by atoms with Crippen molar-refractivity contribution in [3.8, 4) is 0 Å². The predicted molar refractivity (Wildman–Crippen MR) is 91.1 cm³/mol. The molecule has 1 aromatic rings. The number of nitrogens with one attached hydrogen (secondary N) is 1. The number of halogens is 1. The maximum Gasteiger partial charge on any atom is 0.408 e. The van der Waals surface area contributed by atoms with Gasteiger partial charge in [0.15, 0.2) is 0 Å². The van der Waals surface area contributed by atoms with Gasteiger partial charge in [0.1, 0.15) is 23.1 Å². The molecule has 0 fully saturated rings. The first-order valence-corrected chi connectivity index (χ1v) is 8.06. The second-order valence-electron chi connectivity index (χ2n) is 6.37. The van der Waals surface area contributed by atoms with Crippen molar-refractivity contribution in [1.29, 1.82) is 0 Å². The summed E-state index contributed by atoms with van der Waals surface area (Å²) in [5.74, 6) is -1.56. The van der Waals surface area contributed by atoms with Crippen LogP contribution in [0.2, 0.25) is 0 Å². The lowest BCUT2D eigenvalue weighted by Gasteiger charge is -2.27. The number of benzene rings is 1. The molecule has 1 rings (SSSR count). The van der Waals surface area contributed by atoms with Crippen molar-refractivity contribution in [2.24, 2.45) is 5.92 Å². The molecular formula is C17H22BrNO4. The highest BCUT2D eigenvalue weighted by atomic mass is 79.9. The number of hydrogen-bond acceptors (Lipinski definition) is 4. The molecule has 1 N–H and O–H groups in total. The van der Waals surface area contributed by atoms with Gasteiger partial charge in [0.2, 0.25) is 0 Å². The van der Waals surface area contributed by atoms with E-state index < -0.39 is 23.7 Å². The maximum atomic E-state index is 12.1. The third-order valence-electron chi connectivity index (χ3n) is 3.11. The number of ketones is 2. The highest BCUT2D eigenvalue weighted by molar-refractivity contribution is 9.10. The molecule has 1 atom stereocenters. The van der Waals surface area contributed by atoms with Crippen molar-refractivity contribution >= 4 is 33.6 Å².